The molecule has 3 N–H and O–H groups in total. The van der Waals surface area contributed by atoms with Gasteiger partial charge in [0.05, 0.1) is 11.5 Å². The third-order valence-electron chi connectivity index (χ3n) is 5.99. The summed E-state index contributed by atoms with van der Waals surface area (Å²) in [4.78, 5) is 35.8. The van der Waals surface area contributed by atoms with Crippen LogP contribution in [-0.2, 0) is 0 Å². The number of aliphatic hydroxyl groups excluding tert-OH is 1. The zero-order chi connectivity index (χ0) is 25.6. The van der Waals surface area contributed by atoms with E-state index in [1.54, 1.807) is 18.3 Å². The van der Waals surface area contributed by atoms with Crippen molar-refractivity contribution in [2.75, 3.05) is 54.9 Å². The maximum Gasteiger partial charge on any atom is 0.255 e. The molecule has 0 radical (unpaired) electrons. The van der Waals surface area contributed by atoms with E-state index in [1.165, 1.54) is 11.3 Å². The molecule has 0 saturated carbocycles. The predicted octanol–water partition coefficient (Wildman–Crippen LogP) is 3.41. The van der Waals surface area contributed by atoms with E-state index in [9.17, 15) is 4.79 Å². The van der Waals surface area contributed by atoms with Crippen molar-refractivity contribution in [3.8, 4) is 10.4 Å². The Balaban J connectivity index is 1.23. The molecule has 1 aliphatic rings. The highest BCUT2D eigenvalue weighted by Gasteiger charge is 2.20. The molecule has 0 atom stereocenters. The lowest BCUT2D eigenvalue weighted by molar-refractivity contribution is 0.102. The monoisotopic (exact) mass is 516 g/mol. The Morgan fingerprint density at radius 1 is 1.00 bits per heavy atom. The van der Waals surface area contributed by atoms with E-state index < -0.39 is 0 Å². The van der Waals surface area contributed by atoms with Gasteiger partial charge in [-0.25, -0.2) is 4.98 Å². The molecule has 2 aromatic heterocycles. The van der Waals surface area contributed by atoms with Gasteiger partial charge in [0.2, 0.25) is 11.9 Å². The zero-order valence-corrected chi connectivity index (χ0v) is 21.3. The maximum atomic E-state index is 12.4. The largest absolute Gasteiger partial charge is 0.395 e. The summed E-state index contributed by atoms with van der Waals surface area (Å²) in [6.45, 7) is 6.03. The van der Waals surface area contributed by atoms with Gasteiger partial charge >= 0.3 is 0 Å². The standard InChI is InChI=1S/C26H28N8O2S/c1-18-28-24(31-25(29-18)34-13-11-33(12-14-34)15-16-35)32-26-27-17-22(37-26)19-7-9-21(10-8-19)30-23(36)20-5-3-2-4-6-20/h2-10,17,35H,11-16H2,1H3,(H,30,36)(H,27,28,29,31,32). The van der Waals surface area contributed by atoms with Gasteiger partial charge in [0.1, 0.15) is 5.82 Å². The number of anilines is 4. The Labute approximate surface area is 219 Å². The molecule has 1 fully saturated rings. The number of aromatic nitrogens is 4. The number of nitrogens with zero attached hydrogens (tertiary/aromatic N) is 6. The smallest absolute Gasteiger partial charge is 0.255 e. The van der Waals surface area contributed by atoms with Gasteiger partial charge in [-0.15, -0.1) is 0 Å². The SMILES string of the molecule is Cc1nc(Nc2ncc(-c3ccc(NC(=O)c4ccccc4)cc3)s2)nc(N2CCN(CCO)CC2)n1. The van der Waals surface area contributed by atoms with E-state index in [4.69, 9.17) is 5.11 Å². The molecule has 0 spiro atoms. The number of thiazole rings is 1. The quantitative estimate of drug-likeness (QED) is 0.324. The fourth-order valence-corrected chi connectivity index (χ4v) is 4.86. The van der Waals surface area contributed by atoms with Crippen LogP contribution in [0.4, 0.5) is 22.7 Å². The summed E-state index contributed by atoms with van der Waals surface area (Å²) in [7, 11) is 0. The van der Waals surface area contributed by atoms with Crippen molar-refractivity contribution in [3.63, 3.8) is 0 Å². The van der Waals surface area contributed by atoms with Crippen LogP contribution < -0.4 is 15.5 Å². The predicted molar refractivity (Wildman–Crippen MR) is 146 cm³/mol. The number of aliphatic hydroxyl groups is 1. The van der Waals surface area contributed by atoms with Crippen LogP contribution >= 0.6 is 11.3 Å². The van der Waals surface area contributed by atoms with Gasteiger partial charge in [0.15, 0.2) is 5.13 Å². The molecular weight excluding hydrogens is 488 g/mol. The second-order valence-electron chi connectivity index (χ2n) is 8.61. The van der Waals surface area contributed by atoms with Crippen molar-refractivity contribution in [2.24, 2.45) is 0 Å². The van der Waals surface area contributed by atoms with Gasteiger partial charge in [0, 0.05) is 50.2 Å². The van der Waals surface area contributed by atoms with Crippen LogP contribution in [0.15, 0.2) is 60.8 Å². The first-order valence-electron chi connectivity index (χ1n) is 12.1. The molecule has 1 amide bonds. The summed E-state index contributed by atoms with van der Waals surface area (Å²) in [6, 6.07) is 16.8. The van der Waals surface area contributed by atoms with Crippen LogP contribution in [0.3, 0.4) is 0 Å². The second kappa shape index (κ2) is 11.4. The number of β-amino-alcohol motifs (C(OH)–C–C–N with tert-alkyl or cyclic N) is 1. The average Bonchev–Trinajstić information content (AvgIpc) is 3.38. The van der Waals surface area contributed by atoms with E-state index in [0.717, 1.165) is 42.3 Å². The summed E-state index contributed by atoms with van der Waals surface area (Å²) in [5.74, 6) is 1.59. The van der Waals surface area contributed by atoms with Crippen LogP contribution in [0.25, 0.3) is 10.4 Å². The normalized spacial score (nSPS) is 13.9. The third-order valence-corrected chi connectivity index (χ3v) is 6.96. The van der Waals surface area contributed by atoms with Gasteiger partial charge < -0.3 is 15.3 Å². The number of hydrogen-bond acceptors (Lipinski definition) is 10. The first kappa shape index (κ1) is 24.8. The van der Waals surface area contributed by atoms with Crippen molar-refractivity contribution >= 4 is 40.0 Å². The highest BCUT2D eigenvalue weighted by atomic mass is 32.1. The Morgan fingerprint density at radius 2 is 1.76 bits per heavy atom. The topological polar surface area (TPSA) is 119 Å². The lowest BCUT2D eigenvalue weighted by atomic mass is 10.1. The Morgan fingerprint density at radius 3 is 2.49 bits per heavy atom. The Hall–Kier alpha value is -3.93. The van der Waals surface area contributed by atoms with Gasteiger partial charge in [-0.1, -0.05) is 41.7 Å². The summed E-state index contributed by atoms with van der Waals surface area (Å²) < 4.78 is 0. The number of hydrogen-bond donors (Lipinski definition) is 3. The number of carbonyl (C=O) groups excluding carboxylic acids is 1. The Kier molecular flexibility index (Phi) is 7.64. The molecule has 10 nitrogen and oxygen atoms in total. The molecule has 5 rings (SSSR count). The number of rotatable bonds is 8. The summed E-state index contributed by atoms with van der Waals surface area (Å²) >= 11 is 1.50. The van der Waals surface area contributed by atoms with Crippen molar-refractivity contribution in [1.29, 1.82) is 0 Å². The van der Waals surface area contributed by atoms with E-state index in [2.05, 4.69) is 40.4 Å². The summed E-state index contributed by atoms with van der Waals surface area (Å²) in [5, 5.41) is 16.0. The molecule has 2 aromatic carbocycles. The number of carbonyl (C=O) groups is 1. The fraction of sp³-hybridized carbons (Fsp3) is 0.269. The third kappa shape index (κ3) is 6.26. The van der Waals surface area contributed by atoms with E-state index in [-0.39, 0.29) is 12.5 Å². The molecule has 37 heavy (non-hydrogen) atoms. The minimum Gasteiger partial charge on any atom is -0.395 e. The first-order valence-corrected chi connectivity index (χ1v) is 12.9. The van der Waals surface area contributed by atoms with Crippen LogP contribution in [0.1, 0.15) is 16.2 Å². The summed E-state index contributed by atoms with van der Waals surface area (Å²) in [5.41, 5.74) is 2.34. The summed E-state index contributed by atoms with van der Waals surface area (Å²) in [6.07, 6.45) is 1.81. The van der Waals surface area contributed by atoms with Crippen LogP contribution in [0.2, 0.25) is 0 Å². The second-order valence-corrected chi connectivity index (χ2v) is 9.64. The molecule has 1 aliphatic heterocycles. The number of aryl methyl sites for hydroxylation is 1. The number of piperazine rings is 1. The van der Waals surface area contributed by atoms with Gasteiger partial charge in [-0.05, 0) is 36.8 Å². The minimum atomic E-state index is -0.142. The van der Waals surface area contributed by atoms with Gasteiger partial charge in [-0.2, -0.15) is 15.0 Å². The van der Waals surface area contributed by atoms with Gasteiger partial charge in [-0.3, -0.25) is 15.0 Å². The molecule has 1 saturated heterocycles. The van der Waals surface area contributed by atoms with Crippen molar-refractivity contribution in [2.45, 2.75) is 6.92 Å². The molecule has 0 aliphatic carbocycles. The highest BCUT2D eigenvalue weighted by Crippen LogP contribution is 2.31. The molecule has 190 valence electrons. The lowest BCUT2D eigenvalue weighted by Gasteiger charge is -2.34. The zero-order valence-electron chi connectivity index (χ0n) is 20.5. The average molecular weight is 517 g/mol. The molecular formula is C26H28N8O2S. The van der Waals surface area contributed by atoms with E-state index in [0.29, 0.717) is 35.0 Å². The number of benzene rings is 2. The van der Waals surface area contributed by atoms with Crippen molar-refractivity contribution in [1.82, 2.24) is 24.8 Å². The highest BCUT2D eigenvalue weighted by molar-refractivity contribution is 7.18. The minimum absolute atomic E-state index is 0.142. The molecule has 0 unspecified atom stereocenters. The Bertz CT molecular complexity index is 1340. The van der Waals surface area contributed by atoms with Crippen LogP contribution in [0, 0.1) is 6.92 Å². The van der Waals surface area contributed by atoms with Gasteiger partial charge in [0.25, 0.3) is 5.91 Å². The van der Waals surface area contributed by atoms with Crippen LogP contribution in [-0.4, -0.2) is 75.2 Å². The van der Waals surface area contributed by atoms with Crippen LogP contribution in [0.5, 0.6) is 0 Å². The van der Waals surface area contributed by atoms with E-state index in [1.807, 2.05) is 49.4 Å². The maximum absolute atomic E-state index is 12.4. The first-order chi connectivity index (χ1) is 18.1. The molecule has 0 bridgehead atoms. The van der Waals surface area contributed by atoms with Crippen molar-refractivity contribution in [3.05, 3.63) is 72.2 Å². The molecule has 4 aromatic rings. The fourth-order valence-electron chi connectivity index (χ4n) is 4.05. The lowest BCUT2D eigenvalue weighted by Crippen LogP contribution is -2.47. The number of nitrogens with one attached hydrogen (secondary N) is 2. The van der Waals surface area contributed by atoms with E-state index >= 15 is 0 Å². The molecule has 3 heterocycles. The van der Waals surface area contributed by atoms with Crippen molar-refractivity contribution < 1.29 is 9.90 Å². The molecule has 11 heteroatoms. The number of amides is 1.